The molecule has 0 aromatic heterocycles. The second kappa shape index (κ2) is 9.69. The number of amides is 1. The van der Waals surface area contributed by atoms with Gasteiger partial charge < -0.3 is 5.73 Å². The standard InChI is InChI=1S/C16H27NO/c1-16(2,3)14-12-10-8-6-4-5-7-9-11-13-15(17)18/h4-5,10-13H,6-9,14H2,1-3H3,(H2,17,18). The lowest BCUT2D eigenvalue weighted by atomic mass is 9.92. The molecule has 0 fully saturated rings. The summed E-state index contributed by atoms with van der Waals surface area (Å²) in [4.78, 5) is 10.4. The smallest absolute Gasteiger partial charge is 0.241 e. The Bertz CT molecular complexity index is 306. The van der Waals surface area contributed by atoms with E-state index in [9.17, 15) is 4.79 Å². The number of primary amides is 1. The predicted molar refractivity (Wildman–Crippen MR) is 79.2 cm³/mol. The Labute approximate surface area is 112 Å². The minimum Gasteiger partial charge on any atom is -0.366 e. The molecule has 0 aliphatic carbocycles. The van der Waals surface area contributed by atoms with E-state index in [0.29, 0.717) is 5.41 Å². The lowest BCUT2D eigenvalue weighted by Crippen LogP contribution is -2.05. The van der Waals surface area contributed by atoms with Crippen LogP contribution < -0.4 is 5.73 Å². The molecule has 0 rings (SSSR count). The van der Waals surface area contributed by atoms with Crippen LogP contribution in [0.3, 0.4) is 0 Å². The minimum absolute atomic E-state index is 0.372. The van der Waals surface area contributed by atoms with Crippen molar-refractivity contribution in [1.82, 2.24) is 0 Å². The zero-order valence-electron chi connectivity index (χ0n) is 12.0. The fourth-order valence-corrected chi connectivity index (χ4v) is 1.37. The number of hydrogen-bond acceptors (Lipinski definition) is 1. The Kier molecular flexibility index (Phi) is 8.99. The first-order valence-corrected chi connectivity index (χ1v) is 6.68. The second-order valence-corrected chi connectivity index (χ2v) is 5.67. The lowest BCUT2D eigenvalue weighted by Gasteiger charge is -2.14. The Morgan fingerprint density at radius 1 is 0.889 bits per heavy atom. The first kappa shape index (κ1) is 16.7. The third-order valence-electron chi connectivity index (χ3n) is 2.35. The Morgan fingerprint density at radius 2 is 1.33 bits per heavy atom. The van der Waals surface area contributed by atoms with Gasteiger partial charge in [0, 0.05) is 0 Å². The van der Waals surface area contributed by atoms with Gasteiger partial charge in [-0.05, 0) is 43.6 Å². The molecule has 2 nitrogen and oxygen atoms in total. The summed E-state index contributed by atoms with van der Waals surface area (Å²) in [7, 11) is 0. The maximum atomic E-state index is 10.4. The van der Waals surface area contributed by atoms with Crippen molar-refractivity contribution < 1.29 is 4.79 Å². The summed E-state index contributed by atoms with van der Waals surface area (Å²) in [5.41, 5.74) is 5.37. The molecule has 0 saturated carbocycles. The zero-order valence-corrected chi connectivity index (χ0v) is 12.0. The average molecular weight is 249 g/mol. The van der Waals surface area contributed by atoms with Crippen LogP contribution in [-0.4, -0.2) is 5.91 Å². The first-order valence-electron chi connectivity index (χ1n) is 6.68. The predicted octanol–water partition coefficient (Wildman–Crippen LogP) is 4.14. The molecule has 1 amide bonds. The van der Waals surface area contributed by atoms with E-state index in [-0.39, 0.29) is 5.91 Å². The molecule has 2 N–H and O–H groups in total. The van der Waals surface area contributed by atoms with E-state index in [0.717, 1.165) is 32.1 Å². The first-order chi connectivity index (χ1) is 8.42. The van der Waals surface area contributed by atoms with Gasteiger partial charge in [0.15, 0.2) is 0 Å². The van der Waals surface area contributed by atoms with Crippen LogP contribution in [0.4, 0.5) is 0 Å². The summed E-state index contributed by atoms with van der Waals surface area (Å²) < 4.78 is 0. The quantitative estimate of drug-likeness (QED) is 0.392. The van der Waals surface area contributed by atoms with Gasteiger partial charge in [0.25, 0.3) is 0 Å². The summed E-state index contributed by atoms with van der Waals surface area (Å²) in [6.07, 6.45) is 17.3. The van der Waals surface area contributed by atoms with Crippen molar-refractivity contribution in [3.63, 3.8) is 0 Å². The molecule has 0 bridgehead atoms. The van der Waals surface area contributed by atoms with Gasteiger partial charge in [-0.2, -0.15) is 0 Å². The maximum absolute atomic E-state index is 10.4. The van der Waals surface area contributed by atoms with Crippen LogP contribution in [0.1, 0.15) is 52.9 Å². The van der Waals surface area contributed by atoms with Crippen LogP contribution in [0.2, 0.25) is 0 Å². The fourth-order valence-electron chi connectivity index (χ4n) is 1.37. The summed E-state index contributed by atoms with van der Waals surface area (Å²) in [5.74, 6) is -0.372. The van der Waals surface area contributed by atoms with E-state index in [4.69, 9.17) is 5.73 Å². The topological polar surface area (TPSA) is 43.1 Å². The molecule has 0 saturated heterocycles. The third-order valence-corrected chi connectivity index (χ3v) is 2.35. The molecule has 18 heavy (non-hydrogen) atoms. The van der Waals surface area contributed by atoms with Crippen molar-refractivity contribution in [1.29, 1.82) is 0 Å². The van der Waals surface area contributed by atoms with Gasteiger partial charge in [-0.25, -0.2) is 0 Å². The highest BCUT2D eigenvalue weighted by molar-refractivity contribution is 5.85. The van der Waals surface area contributed by atoms with Gasteiger partial charge in [-0.1, -0.05) is 51.2 Å². The third kappa shape index (κ3) is 14.7. The number of rotatable bonds is 8. The van der Waals surface area contributed by atoms with Crippen LogP contribution in [0, 0.1) is 5.41 Å². The van der Waals surface area contributed by atoms with Crippen LogP contribution in [0.15, 0.2) is 36.5 Å². The fraction of sp³-hybridized carbons (Fsp3) is 0.562. The van der Waals surface area contributed by atoms with Gasteiger partial charge >= 0.3 is 0 Å². The summed E-state index contributed by atoms with van der Waals surface area (Å²) >= 11 is 0. The van der Waals surface area contributed by atoms with Gasteiger partial charge in [0.1, 0.15) is 0 Å². The highest BCUT2D eigenvalue weighted by Gasteiger charge is 2.05. The molecule has 0 aliphatic heterocycles. The molecule has 0 aromatic carbocycles. The molecule has 0 unspecified atom stereocenters. The van der Waals surface area contributed by atoms with Crippen molar-refractivity contribution in [2.75, 3.05) is 0 Å². The van der Waals surface area contributed by atoms with E-state index >= 15 is 0 Å². The van der Waals surface area contributed by atoms with Gasteiger partial charge in [-0.15, -0.1) is 0 Å². The van der Waals surface area contributed by atoms with Crippen molar-refractivity contribution in [2.24, 2.45) is 11.1 Å². The number of nitrogens with two attached hydrogens (primary N) is 1. The molecule has 2 heteroatoms. The highest BCUT2D eigenvalue weighted by Crippen LogP contribution is 2.18. The van der Waals surface area contributed by atoms with Gasteiger partial charge in [0.2, 0.25) is 5.91 Å². The summed E-state index contributed by atoms with van der Waals surface area (Å²) in [6.45, 7) is 6.74. The van der Waals surface area contributed by atoms with E-state index in [1.54, 1.807) is 0 Å². The molecular formula is C16H27NO. The largest absolute Gasteiger partial charge is 0.366 e. The van der Waals surface area contributed by atoms with Crippen LogP contribution in [0.5, 0.6) is 0 Å². The SMILES string of the molecule is CC(C)(C)CC=CCCC=CCCC=CC(N)=O. The summed E-state index contributed by atoms with van der Waals surface area (Å²) in [6, 6.07) is 0. The maximum Gasteiger partial charge on any atom is 0.241 e. The Hall–Kier alpha value is -1.31. The normalized spacial score (nSPS) is 13.1. The molecular weight excluding hydrogens is 222 g/mol. The van der Waals surface area contributed by atoms with E-state index < -0.39 is 0 Å². The number of hydrogen-bond donors (Lipinski definition) is 1. The van der Waals surface area contributed by atoms with E-state index in [2.05, 4.69) is 45.1 Å². The molecule has 0 radical (unpaired) electrons. The van der Waals surface area contributed by atoms with Crippen molar-refractivity contribution in [2.45, 2.75) is 52.9 Å². The lowest BCUT2D eigenvalue weighted by molar-refractivity contribution is -0.113. The van der Waals surface area contributed by atoms with Crippen molar-refractivity contribution in [3.05, 3.63) is 36.5 Å². The number of unbranched alkanes of at least 4 members (excludes halogenated alkanes) is 2. The monoisotopic (exact) mass is 249 g/mol. The molecule has 0 aliphatic rings. The zero-order chi connectivity index (χ0) is 13.9. The highest BCUT2D eigenvalue weighted by atomic mass is 16.1. The Morgan fingerprint density at radius 3 is 1.78 bits per heavy atom. The number of allylic oxidation sites excluding steroid dienone is 5. The Balaban J connectivity index is 3.47. The average Bonchev–Trinajstić information content (AvgIpc) is 2.24. The molecule has 0 spiro atoms. The van der Waals surface area contributed by atoms with E-state index in [1.807, 2.05) is 6.08 Å². The second-order valence-electron chi connectivity index (χ2n) is 5.67. The van der Waals surface area contributed by atoms with Crippen LogP contribution in [0.25, 0.3) is 0 Å². The number of carbonyl (C=O) groups excluding carboxylic acids is 1. The molecule has 0 aromatic rings. The summed E-state index contributed by atoms with van der Waals surface area (Å²) in [5, 5.41) is 0. The molecule has 102 valence electrons. The van der Waals surface area contributed by atoms with Crippen LogP contribution >= 0.6 is 0 Å². The minimum atomic E-state index is -0.372. The molecule has 0 heterocycles. The van der Waals surface area contributed by atoms with E-state index in [1.165, 1.54) is 6.08 Å². The van der Waals surface area contributed by atoms with Crippen LogP contribution in [-0.2, 0) is 4.79 Å². The van der Waals surface area contributed by atoms with Crippen molar-refractivity contribution >= 4 is 5.91 Å². The molecule has 0 atom stereocenters. The number of carbonyl (C=O) groups is 1. The van der Waals surface area contributed by atoms with Crippen molar-refractivity contribution in [3.8, 4) is 0 Å². The van der Waals surface area contributed by atoms with Gasteiger partial charge in [-0.3, -0.25) is 4.79 Å². The van der Waals surface area contributed by atoms with Gasteiger partial charge in [0.05, 0.1) is 0 Å².